The summed E-state index contributed by atoms with van der Waals surface area (Å²) in [5, 5.41) is 22.5. The smallest absolute Gasteiger partial charge is 0.336 e. The van der Waals surface area contributed by atoms with Gasteiger partial charge < -0.3 is 5.32 Å². The highest BCUT2D eigenvalue weighted by Gasteiger charge is 2.48. The van der Waals surface area contributed by atoms with E-state index in [-0.39, 0.29) is 30.0 Å². The van der Waals surface area contributed by atoms with Crippen LogP contribution in [0.4, 0.5) is 22.0 Å². The lowest BCUT2D eigenvalue weighted by Crippen LogP contribution is -2.54. The van der Waals surface area contributed by atoms with Gasteiger partial charge in [-0.15, -0.1) is 0 Å². The van der Waals surface area contributed by atoms with Crippen LogP contribution in [0.3, 0.4) is 0 Å². The molecule has 1 aliphatic rings. The van der Waals surface area contributed by atoms with Crippen molar-refractivity contribution in [3.8, 4) is 12.1 Å². The Morgan fingerprint density at radius 3 is 2.33 bits per heavy atom. The number of nitrogens with one attached hydrogen (secondary N) is 2. The first kappa shape index (κ1) is 27.0. The van der Waals surface area contributed by atoms with Crippen LogP contribution in [0.25, 0.3) is 0 Å². The lowest BCUT2D eigenvalue weighted by Gasteiger charge is -2.28. The second kappa shape index (κ2) is 10.2. The van der Waals surface area contributed by atoms with Gasteiger partial charge in [0.15, 0.2) is 9.84 Å². The number of amides is 1. The van der Waals surface area contributed by atoms with E-state index in [0.717, 1.165) is 0 Å². The van der Waals surface area contributed by atoms with E-state index in [1.165, 1.54) is 24.3 Å². The SMILES string of the molecule is N#Cc1ccccc1CS(=O)(=O)CC(N[C@H](c1ccc(F)cc1F)C(F)(F)F)C(=O)NC1(C#N)CC1. The van der Waals surface area contributed by atoms with Crippen LogP contribution in [0.5, 0.6) is 0 Å². The third-order valence-electron chi connectivity index (χ3n) is 5.55. The van der Waals surface area contributed by atoms with Gasteiger partial charge in [-0.2, -0.15) is 23.7 Å². The molecule has 1 saturated carbocycles. The molecule has 0 spiro atoms. The molecule has 7 nitrogen and oxygen atoms in total. The minimum atomic E-state index is -5.21. The lowest BCUT2D eigenvalue weighted by atomic mass is 10.0. The molecule has 36 heavy (non-hydrogen) atoms. The topological polar surface area (TPSA) is 123 Å². The summed E-state index contributed by atoms with van der Waals surface area (Å²) in [5.74, 6) is -5.80. The van der Waals surface area contributed by atoms with Crippen molar-refractivity contribution in [2.75, 3.05) is 5.75 Å². The largest absolute Gasteiger partial charge is 0.408 e. The van der Waals surface area contributed by atoms with Gasteiger partial charge in [-0.1, -0.05) is 24.3 Å². The van der Waals surface area contributed by atoms with Crippen LogP contribution in [0, 0.1) is 34.3 Å². The Morgan fingerprint density at radius 2 is 1.78 bits per heavy atom. The predicted octanol–water partition coefficient (Wildman–Crippen LogP) is 3.19. The minimum Gasteiger partial charge on any atom is -0.336 e. The van der Waals surface area contributed by atoms with E-state index < -0.39 is 68.2 Å². The van der Waals surface area contributed by atoms with Crippen molar-refractivity contribution in [3.05, 3.63) is 70.8 Å². The van der Waals surface area contributed by atoms with E-state index in [1.807, 2.05) is 17.5 Å². The van der Waals surface area contributed by atoms with Crippen molar-refractivity contribution in [1.82, 2.24) is 10.6 Å². The molecule has 13 heteroatoms. The summed E-state index contributed by atoms with van der Waals surface area (Å²) in [6.45, 7) is 0. The summed E-state index contributed by atoms with van der Waals surface area (Å²) in [7, 11) is -4.32. The van der Waals surface area contributed by atoms with Gasteiger partial charge >= 0.3 is 6.18 Å². The maximum absolute atomic E-state index is 14.3. The van der Waals surface area contributed by atoms with Crippen molar-refractivity contribution in [3.63, 3.8) is 0 Å². The normalized spacial score (nSPS) is 16.3. The number of rotatable bonds is 9. The molecular weight excluding hydrogens is 507 g/mol. The second-order valence-corrected chi connectivity index (χ2v) is 10.5. The quantitative estimate of drug-likeness (QED) is 0.484. The molecule has 1 aliphatic carbocycles. The Labute approximate surface area is 203 Å². The Hall–Kier alpha value is -3.55. The Bertz CT molecular complexity index is 1340. The number of carbonyl (C=O) groups is 1. The van der Waals surface area contributed by atoms with E-state index in [2.05, 4.69) is 5.32 Å². The zero-order chi connectivity index (χ0) is 26.7. The van der Waals surface area contributed by atoms with Gasteiger partial charge in [0, 0.05) is 11.6 Å². The fourth-order valence-corrected chi connectivity index (χ4v) is 5.11. The molecule has 2 atom stereocenters. The van der Waals surface area contributed by atoms with Crippen LogP contribution in [0.1, 0.15) is 35.6 Å². The van der Waals surface area contributed by atoms with E-state index in [0.29, 0.717) is 12.1 Å². The molecule has 1 amide bonds. The summed E-state index contributed by atoms with van der Waals surface area (Å²) in [6.07, 6.45) is -4.76. The van der Waals surface area contributed by atoms with Gasteiger partial charge in [-0.3, -0.25) is 10.1 Å². The third kappa shape index (κ3) is 6.56. The number of carbonyl (C=O) groups excluding carboxylic acids is 1. The first-order valence-corrected chi connectivity index (χ1v) is 12.3. The first-order valence-electron chi connectivity index (χ1n) is 10.5. The summed E-state index contributed by atoms with van der Waals surface area (Å²) < 4.78 is 95.1. The maximum Gasteiger partial charge on any atom is 0.408 e. The van der Waals surface area contributed by atoms with Crippen molar-refractivity contribution in [1.29, 1.82) is 10.5 Å². The third-order valence-corrected chi connectivity index (χ3v) is 7.14. The first-order chi connectivity index (χ1) is 16.8. The number of sulfone groups is 1. The van der Waals surface area contributed by atoms with E-state index >= 15 is 0 Å². The molecule has 0 radical (unpaired) electrons. The number of nitrogens with zero attached hydrogens (tertiary/aromatic N) is 2. The van der Waals surface area contributed by atoms with Crippen LogP contribution in [-0.2, 0) is 20.4 Å². The molecule has 0 aromatic heterocycles. The van der Waals surface area contributed by atoms with E-state index in [9.17, 15) is 45.7 Å². The average molecular weight is 526 g/mol. The summed E-state index contributed by atoms with van der Waals surface area (Å²) in [4.78, 5) is 12.9. The van der Waals surface area contributed by atoms with Gasteiger partial charge in [0.2, 0.25) is 5.91 Å². The highest BCUT2D eigenvalue weighted by Crippen LogP contribution is 2.36. The number of alkyl halides is 3. The molecule has 0 bridgehead atoms. The Kier molecular flexibility index (Phi) is 7.67. The number of benzene rings is 2. The highest BCUT2D eigenvalue weighted by atomic mass is 32.2. The predicted molar refractivity (Wildman–Crippen MR) is 116 cm³/mol. The van der Waals surface area contributed by atoms with Crippen molar-refractivity contribution in [2.45, 2.75) is 42.4 Å². The fourth-order valence-electron chi connectivity index (χ4n) is 3.51. The molecule has 0 aliphatic heterocycles. The zero-order valence-corrected chi connectivity index (χ0v) is 19.3. The molecule has 2 aromatic carbocycles. The van der Waals surface area contributed by atoms with E-state index in [1.54, 1.807) is 0 Å². The summed E-state index contributed by atoms with van der Waals surface area (Å²) in [6, 6.07) is 5.73. The molecule has 1 fully saturated rings. The van der Waals surface area contributed by atoms with Gasteiger partial charge in [0.25, 0.3) is 0 Å². The Morgan fingerprint density at radius 1 is 1.11 bits per heavy atom. The molecule has 0 heterocycles. The van der Waals surface area contributed by atoms with Crippen LogP contribution in [0.15, 0.2) is 42.5 Å². The minimum absolute atomic E-state index is 0.0259. The van der Waals surface area contributed by atoms with Crippen molar-refractivity contribution >= 4 is 15.7 Å². The van der Waals surface area contributed by atoms with Crippen molar-refractivity contribution in [2.24, 2.45) is 0 Å². The van der Waals surface area contributed by atoms with Gasteiger partial charge in [0.05, 0.1) is 29.2 Å². The van der Waals surface area contributed by atoms with Gasteiger partial charge in [0.1, 0.15) is 29.3 Å². The maximum atomic E-state index is 14.3. The number of nitriles is 2. The standard InChI is InChI=1S/C23H19F5N4O3S/c24-16-5-6-17(18(25)9-16)20(23(26,27)28)31-19(21(33)32-22(13-30)7-8-22)12-36(34,35)11-15-4-2-1-3-14(15)10-29/h1-6,9,19-20,31H,7-8,11-12H2,(H,32,33)/t19?,20-/m1/s1. The molecule has 0 saturated heterocycles. The summed E-state index contributed by atoms with van der Waals surface area (Å²) >= 11 is 0. The number of halogens is 5. The lowest BCUT2D eigenvalue weighted by molar-refractivity contribution is -0.161. The molecule has 2 N–H and O–H groups in total. The van der Waals surface area contributed by atoms with Crippen LogP contribution < -0.4 is 10.6 Å². The van der Waals surface area contributed by atoms with Crippen LogP contribution >= 0.6 is 0 Å². The van der Waals surface area contributed by atoms with Crippen LogP contribution in [0.2, 0.25) is 0 Å². The Balaban J connectivity index is 1.96. The molecule has 1 unspecified atom stereocenters. The second-order valence-electron chi connectivity index (χ2n) is 8.37. The fraction of sp³-hybridized carbons (Fsp3) is 0.348. The average Bonchev–Trinajstić information content (AvgIpc) is 3.56. The molecule has 190 valence electrons. The molecule has 2 aromatic rings. The molecular formula is C23H19F5N4O3S. The number of hydrogen-bond donors (Lipinski definition) is 2. The summed E-state index contributed by atoms with van der Waals surface area (Å²) in [5.41, 5.74) is -2.27. The molecule has 3 rings (SSSR count). The van der Waals surface area contributed by atoms with E-state index in [4.69, 9.17) is 0 Å². The zero-order valence-electron chi connectivity index (χ0n) is 18.4. The van der Waals surface area contributed by atoms with Crippen molar-refractivity contribution < 1.29 is 35.2 Å². The number of hydrogen-bond acceptors (Lipinski definition) is 6. The van der Waals surface area contributed by atoms with Crippen LogP contribution in [-0.4, -0.2) is 37.8 Å². The van der Waals surface area contributed by atoms with Gasteiger partial charge in [-0.05, 0) is 30.5 Å². The monoisotopic (exact) mass is 526 g/mol. The highest BCUT2D eigenvalue weighted by molar-refractivity contribution is 7.90. The van der Waals surface area contributed by atoms with Gasteiger partial charge in [-0.25, -0.2) is 17.2 Å².